The monoisotopic (exact) mass is 461 g/mol. The Morgan fingerprint density at radius 3 is 2.73 bits per heavy atom. The summed E-state index contributed by atoms with van der Waals surface area (Å²) in [4.78, 5) is 16.6. The predicted octanol–water partition coefficient (Wildman–Crippen LogP) is 4.64. The number of oxazole rings is 1. The van der Waals surface area contributed by atoms with E-state index in [1.165, 1.54) is 18.0 Å². The molecular weight excluding hydrogens is 442 g/mol. The molecule has 9 nitrogen and oxygen atoms in total. The van der Waals surface area contributed by atoms with Crippen molar-refractivity contribution in [2.75, 3.05) is 0 Å². The van der Waals surface area contributed by atoms with Gasteiger partial charge in [0, 0.05) is 0 Å². The summed E-state index contributed by atoms with van der Waals surface area (Å²) in [7, 11) is 0. The van der Waals surface area contributed by atoms with E-state index < -0.39 is 0 Å². The topological polar surface area (TPSA) is 112 Å². The lowest BCUT2D eigenvalue weighted by molar-refractivity contribution is 0.0943. The van der Waals surface area contributed by atoms with Crippen molar-refractivity contribution in [3.8, 4) is 17.3 Å². The van der Waals surface area contributed by atoms with Gasteiger partial charge in [0.15, 0.2) is 16.6 Å². The highest BCUT2D eigenvalue weighted by Crippen LogP contribution is 2.30. The number of rotatable bonds is 8. The molecule has 0 unspecified atom stereocenters. The van der Waals surface area contributed by atoms with Gasteiger partial charge in [0.2, 0.25) is 11.7 Å². The fraction of sp³-hybridized carbons (Fsp3) is 0.130. The second-order valence-electron chi connectivity index (χ2n) is 7.14. The van der Waals surface area contributed by atoms with Crippen molar-refractivity contribution in [3.05, 3.63) is 90.2 Å². The van der Waals surface area contributed by atoms with Gasteiger partial charge in [-0.05, 0) is 48.9 Å². The quantitative estimate of drug-likeness (QED) is 0.333. The Balaban J connectivity index is 1.33. The third-order valence-electron chi connectivity index (χ3n) is 4.75. The summed E-state index contributed by atoms with van der Waals surface area (Å²) in [5.74, 6) is 2.30. The summed E-state index contributed by atoms with van der Waals surface area (Å²) in [5.41, 5.74) is 2.23. The number of nitrogens with zero attached hydrogens (tertiary/aromatic N) is 4. The zero-order valence-corrected chi connectivity index (χ0v) is 18.4. The number of benzene rings is 1. The van der Waals surface area contributed by atoms with Crippen molar-refractivity contribution in [2.24, 2.45) is 0 Å². The SMILES string of the molecule is Cc1cccc(-n2c(SCc3nc(C(=O)NCc4ccco4)co3)nnc2-c2ccco2)c1. The van der Waals surface area contributed by atoms with E-state index in [0.29, 0.717) is 34.1 Å². The lowest BCUT2D eigenvalue weighted by Gasteiger charge is -2.09. The second kappa shape index (κ2) is 9.21. The van der Waals surface area contributed by atoms with E-state index in [-0.39, 0.29) is 18.1 Å². The first-order chi connectivity index (χ1) is 16.2. The van der Waals surface area contributed by atoms with E-state index in [9.17, 15) is 4.79 Å². The van der Waals surface area contributed by atoms with Gasteiger partial charge in [0.25, 0.3) is 5.91 Å². The molecule has 4 heterocycles. The van der Waals surface area contributed by atoms with E-state index >= 15 is 0 Å². The summed E-state index contributed by atoms with van der Waals surface area (Å²) in [6.45, 7) is 2.30. The van der Waals surface area contributed by atoms with Crippen LogP contribution in [0.1, 0.15) is 27.7 Å². The largest absolute Gasteiger partial charge is 0.467 e. The number of hydrogen-bond acceptors (Lipinski definition) is 8. The van der Waals surface area contributed by atoms with Crippen LogP contribution >= 0.6 is 11.8 Å². The number of carbonyl (C=O) groups is 1. The predicted molar refractivity (Wildman–Crippen MR) is 120 cm³/mol. The number of aromatic nitrogens is 4. The number of furan rings is 2. The molecule has 0 bridgehead atoms. The zero-order chi connectivity index (χ0) is 22.6. The maximum absolute atomic E-state index is 12.3. The van der Waals surface area contributed by atoms with Gasteiger partial charge in [-0.1, -0.05) is 23.9 Å². The summed E-state index contributed by atoms with van der Waals surface area (Å²) < 4.78 is 18.2. The normalized spacial score (nSPS) is 11.1. The Morgan fingerprint density at radius 1 is 1.06 bits per heavy atom. The molecule has 0 aliphatic carbocycles. The van der Waals surface area contributed by atoms with E-state index in [2.05, 4.69) is 20.5 Å². The summed E-state index contributed by atoms with van der Waals surface area (Å²) in [6, 6.07) is 15.2. The van der Waals surface area contributed by atoms with Crippen molar-refractivity contribution < 1.29 is 18.0 Å². The highest BCUT2D eigenvalue weighted by molar-refractivity contribution is 7.98. The van der Waals surface area contributed by atoms with Gasteiger partial charge in [-0.15, -0.1) is 10.2 Å². The Morgan fingerprint density at radius 2 is 1.94 bits per heavy atom. The molecule has 1 N–H and O–H groups in total. The third kappa shape index (κ3) is 4.60. The van der Waals surface area contributed by atoms with E-state index in [1.807, 2.05) is 47.9 Å². The molecule has 0 saturated carbocycles. The highest BCUT2D eigenvalue weighted by Gasteiger charge is 2.19. The Bertz CT molecular complexity index is 1360. The molecule has 1 aromatic carbocycles. The third-order valence-corrected chi connectivity index (χ3v) is 5.66. The fourth-order valence-electron chi connectivity index (χ4n) is 3.21. The first-order valence-corrected chi connectivity index (χ1v) is 11.1. The number of carbonyl (C=O) groups excluding carboxylic acids is 1. The van der Waals surface area contributed by atoms with Gasteiger partial charge in [-0.2, -0.15) is 0 Å². The van der Waals surface area contributed by atoms with Crippen molar-refractivity contribution in [1.29, 1.82) is 0 Å². The molecule has 4 aromatic heterocycles. The van der Waals surface area contributed by atoms with Crippen molar-refractivity contribution in [1.82, 2.24) is 25.1 Å². The highest BCUT2D eigenvalue weighted by atomic mass is 32.2. The van der Waals surface area contributed by atoms with Crippen LogP contribution in [0.5, 0.6) is 0 Å². The molecule has 5 rings (SSSR count). The maximum Gasteiger partial charge on any atom is 0.273 e. The molecular formula is C23H19N5O4S. The van der Waals surface area contributed by atoms with Gasteiger partial charge < -0.3 is 18.6 Å². The summed E-state index contributed by atoms with van der Waals surface area (Å²) >= 11 is 1.40. The van der Waals surface area contributed by atoms with Gasteiger partial charge >= 0.3 is 0 Å². The number of thioether (sulfide) groups is 1. The fourth-order valence-corrected chi connectivity index (χ4v) is 4.01. The molecule has 33 heavy (non-hydrogen) atoms. The molecule has 0 fully saturated rings. The van der Waals surface area contributed by atoms with Crippen molar-refractivity contribution in [2.45, 2.75) is 24.4 Å². The molecule has 10 heteroatoms. The van der Waals surface area contributed by atoms with E-state index in [1.54, 1.807) is 24.7 Å². The molecule has 5 aromatic rings. The number of amides is 1. The molecule has 0 radical (unpaired) electrons. The van der Waals surface area contributed by atoms with Crippen LogP contribution in [0.3, 0.4) is 0 Å². The molecule has 0 aliphatic rings. The first-order valence-electron chi connectivity index (χ1n) is 10.1. The lowest BCUT2D eigenvalue weighted by atomic mass is 10.2. The van der Waals surface area contributed by atoms with Crippen LogP contribution < -0.4 is 5.32 Å². The minimum Gasteiger partial charge on any atom is -0.467 e. The van der Waals surface area contributed by atoms with Crippen LogP contribution in [0.15, 0.2) is 85.7 Å². The molecule has 0 spiro atoms. The zero-order valence-electron chi connectivity index (χ0n) is 17.6. The average molecular weight is 462 g/mol. The van der Waals surface area contributed by atoms with Crippen LogP contribution in [-0.4, -0.2) is 25.7 Å². The van der Waals surface area contributed by atoms with Gasteiger partial charge in [0.1, 0.15) is 12.0 Å². The Hall–Kier alpha value is -4.05. The second-order valence-corrected chi connectivity index (χ2v) is 8.08. The van der Waals surface area contributed by atoms with Crippen LogP contribution in [-0.2, 0) is 12.3 Å². The van der Waals surface area contributed by atoms with Crippen LogP contribution in [0, 0.1) is 6.92 Å². The van der Waals surface area contributed by atoms with Crippen molar-refractivity contribution >= 4 is 17.7 Å². The van der Waals surface area contributed by atoms with Crippen LogP contribution in [0.25, 0.3) is 17.3 Å². The molecule has 0 aliphatic heterocycles. The molecule has 1 amide bonds. The number of aryl methyl sites for hydroxylation is 1. The lowest BCUT2D eigenvalue weighted by Crippen LogP contribution is -2.22. The first kappa shape index (κ1) is 20.8. The molecule has 166 valence electrons. The van der Waals surface area contributed by atoms with E-state index in [4.69, 9.17) is 13.3 Å². The molecule has 0 atom stereocenters. The molecule has 0 saturated heterocycles. The Labute approximate surface area is 192 Å². The van der Waals surface area contributed by atoms with Crippen LogP contribution in [0.2, 0.25) is 0 Å². The average Bonchev–Trinajstić information content (AvgIpc) is 3.62. The summed E-state index contributed by atoms with van der Waals surface area (Å²) in [6.07, 6.45) is 4.50. The maximum atomic E-state index is 12.3. The van der Waals surface area contributed by atoms with Gasteiger partial charge in [-0.25, -0.2) is 4.98 Å². The van der Waals surface area contributed by atoms with Gasteiger partial charge in [0.05, 0.1) is 30.5 Å². The van der Waals surface area contributed by atoms with Crippen LogP contribution in [0.4, 0.5) is 0 Å². The van der Waals surface area contributed by atoms with E-state index in [0.717, 1.165) is 11.3 Å². The standard InChI is InChI=1S/C23H19N5O4S/c1-15-5-2-6-16(11-15)28-21(19-8-4-10-31-19)26-27-23(28)33-14-20-25-18(13-32-20)22(29)24-12-17-7-3-9-30-17/h2-11,13H,12,14H2,1H3,(H,24,29). The summed E-state index contributed by atoms with van der Waals surface area (Å²) in [5, 5.41) is 12.1. The minimum atomic E-state index is -0.338. The Kier molecular flexibility index (Phi) is 5.81. The minimum absolute atomic E-state index is 0.202. The number of nitrogens with one attached hydrogen (secondary N) is 1. The van der Waals surface area contributed by atoms with Crippen molar-refractivity contribution in [3.63, 3.8) is 0 Å². The number of hydrogen-bond donors (Lipinski definition) is 1. The smallest absolute Gasteiger partial charge is 0.273 e. The van der Waals surface area contributed by atoms with Gasteiger partial charge in [-0.3, -0.25) is 9.36 Å².